The SMILES string of the molecule is Fc1cc(CNc2cnccn2)ccc1Cl. The summed E-state index contributed by atoms with van der Waals surface area (Å²) in [4.78, 5) is 7.95. The van der Waals surface area contributed by atoms with E-state index in [1.807, 2.05) is 0 Å². The molecule has 0 aliphatic carbocycles. The van der Waals surface area contributed by atoms with Crippen molar-refractivity contribution < 1.29 is 4.39 Å². The van der Waals surface area contributed by atoms with Crippen LogP contribution >= 0.6 is 11.6 Å². The molecule has 0 amide bonds. The number of hydrogen-bond donors (Lipinski definition) is 1. The predicted octanol–water partition coefficient (Wildman–Crippen LogP) is 2.88. The molecule has 0 spiro atoms. The standard InChI is InChI=1S/C11H9ClFN3/c12-9-2-1-8(5-10(9)13)6-16-11-7-14-3-4-15-11/h1-5,7H,6H2,(H,15,16). The molecule has 0 radical (unpaired) electrons. The van der Waals surface area contributed by atoms with E-state index in [2.05, 4.69) is 15.3 Å². The summed E-state index contributed by atoms with van der Waals surface area (Å²) >= 11 is 5.58. The minimum atomic E-state index is -0.417. The Kier molecular flexibility index (Phi) is 3.31. The molecule has 1 heterocycles. The summed E-state index contributed by atoms with van der Waals surface area (Å²) in [5.74, 6) is 0.234. The second-order valence-corrected chi connectivity index (χ2v) is 3.60. The van der Waals surface area contributed by atoms with Crippen LogP contribution in [0.1, 0.15) is 5.56 Å². The molecular formula is C11H9ClFN3. The summed E-state index contributed by atoms with van der Waals surface area (Å²) in [6, 6.07) is 4.69. The Morgan fingerprint density at radius 3 is 2.88 bits per heavy atom. The molecule has 2 rings (SSSR count). The fourth-order valence-corrected chi connectivity index (χ4v) is 1.35. The van der Waals surface area contributed by atoms with E-state index in [9.17, 15) is 4.39 Å². The summed E-state index contributed by atoms with van der Waals surface area (Å²) in [7, 11) is 0. The third-order valence-corrected chi connectivity index (χ3v) is 2.33. The topological polar surface area (TPSA) is 37.8 Å². The molecular weight excluding hydrogens is 229 g/mol. The van der Waals surface area contributed by atoms with Crippen LogP contribution in [0.5, 0.6) is 0 Å². The minimum absolute atomic E-state index is 0.128. The number of aromatic nitrogens is 2. The Morgan fingerprint density at radius 2 is 2.19 bits per heavy atom. The Hall–Kier alpha value is -1.68. The number of hydrogen-bond acceptors (Lipinski definition) is 3. The molecule has 1 aromatic heterocycles. The van der Waals surface area contributed by atoms with Gasteiger partial charge in [0.2, 0.25) is 0 Å². The molecule has 0 bridgehead atoms. The lowest BCUT2D eigenvalue weighted by Crippen LogP contribution is -2.01. The first-order chi connectivity index (χ1) is 7.75. The molecule has 16 heavy (non-hydrogen) atoms. The van der Waals surface area contributed by atoms with Crippen LogP contribution in [0.2, 0.25) is 5.02 Å². The van der Waals surface area contributed by atoms with Crippen LogP contribution in [-0.4, -0.2) is 9.97 Å². The van der Waals surface area contributed by atoms with Gasteiger partial charge in [0.15, 0.2) is 0 Å². The highest BCUT2D eigenvalue weighted by molar-refractivity contribution is 6.30. The van der Waals surface area contributed by atoms with Crippen molar-refractivity contribution in [1.82, 2.24) is 9.97 Å². The third-order valence-electron chi connectivity index (χ3n) is 2.02. The maximum Gasteiger partial charge on any atom is 0.144 e. The predicted molar refractivity (Wildman–Crippen MR) is 60.8 cm³/mol. The van der Waals surface area contributed by atoms with Gasteiger partial charge in [-0.25, -0.2) is 9.37 Å². The van der Waals surface area contributed by atoms with Crippen LogP contribution in [0.4, 0.5) is 10.2 Å². The lowest BCUT2D eigenvalue weighted by Gasteiger charge is -2.05. The second kappa shape index (κ2) is 4.90. The molecule has 0 saturated heterocycles. The van der Waals surface area contributed by atoms with Crippen LogP contribution < -0.4 is 5.32 Å². The van der Waals surface area contributed by atoms with Crippen LogP contribution in [-0.2, 0) is 6.54 Å². The van der Waals surface area contributed by atoms with Gasteiger partial charge in [-0.2, -0.15) is 0 Å². The quantitative estimate of drug-likeness (QED) is 0.892. The Labute approximate surface area is 97.3 Å². The van der Waals surface area contributed by atoms with Crippen molar-refractivity contribution in [2.75, 3.05) is 5.32 Å². The van der Waals surface area contributed by atoms with E-state index in [-0.39, 0.29) is 5.02 Å². The maximum absolute atomic E-state index is 13.1. The van der Waals surface area contributed by atoms with Gasteiger partial charge < -0.3 is 5.32 Å². The van der Waals surface area contributed by atoms with Gasteiger partial charge in [-0.15, -0.1) is 0 Å². The van der Waals surface area contributed by atoms with Crippen LogP contribution in [0.15, 0.2) is 36.8 Å². The van der Waals surface area contributed by atoms with E-state index in [0.717, 1.165) is 5.56 Å². The fraction of sp³-hybridized carbons (Fsp3) is 0.0909. The summed E-state index contributed by atoms with van der Waals surface area (Å²) in [5.41, 5.74) is 0.799. The largest absolute Gasteiger partial charge is 0.365 e. The first-order valence-corrected chi connectivity index (χ1v) is 5.07. The van der Waals surface area contributed by atoms with Crippen LogP contribution in [0, 0.1) is 5.82 Å². The van der Waals surface area contributed by atoms with Crippen molar-refractivity contribution in [3.63, 3.8) is 0 Å². The second-order valence-electron chi connectivity index (χ2n) is 3.19. The van der Waals surface area contributed by atoms with Crippen molar-refractivity contribution in [2.45, 2.75) is 6.54 Å². The van der Waals surface area contributed by atoms with Gasteiger partial charge in [0.05, 0.1) is 11.2 Å². The van der Waals surface area contributed by atoms with E-state index in [1.54, 1.807) is 24.7 Å². The molecule has 1 N–H and O–H groups in total. The van der Waals surface area contributed by atoms with Gasteiger partial charge in [0.25, 0.3) is 0 Å². The molecule has 82 valence electrons. The van der Waals surface area contributed by atoms with Gasteiger partial charge in [-0.1, -0.05) is 17.7 Å². The highest BCUT2D eigenvalue weighted by Gasteiger charge is 2.01. The van der Waals surface area contributed by atoms with E-state index in [1.165, 1.54) is 12.1 Å². The van der Waals surface area contributed by atoms with Crippen molar-refractivity contribution in [2.24, 2.45) is 0 Å². The average Bonchev–Trinajstić information content (AvgIpc) is 2.32. The van der Waals surface area contributed by atoms with Gasteiger partial charge in [-0.05, 0) is 17.7 Å². The van der Waals surface area contributed by atoms with E-state index < -0.39 is 5.82 Å². The lowest BCUT2D eigenvalue weighted by molar-refractivity contribution is 0.626. The van der Waals surface area contributed by atoms with Gasteiger partial charge in [0, 0.05) is 18.9 Å². The molecule has 0 aliphatic heterocycles. The monoisotopic (exact) mass is 237 g/mol. The lowest BCUT2D eigenvalue weighted by atomic mass is 10.2. The smallest absolute Gasteiger partial charge is 0.144 e. The maximum atomic E-state index is 13.1. The van der Waals surface area contributed by atoms with Crippen molar-refractivity contribution in [3.05, 3.63) is 53.2 Å². The number of rotatable bonds is 3. The molecule has 0 atom stereocenters. The zero-order valence-electron chi connectivity index (χ0n) is 8.32. The summed E-state index contributed by atoms with van der Waals surface area (Å²) < 4.78 is 13.1. The number of halogens is 2. The number of nitrogens with zero attached hydrogens (tertiary/aromatic N) is 2. The number of nitrogens with one attached hydrogen (secondary N) is 1. The molecule has 5 heteroatoms. The molecule has 3 nitrogen and oxygen atoms in total. The third kappa shape index (κ3) is 2.67. The first-order valence-electron chi connectivity index (χ1n) is 4.69. The molecule has 2 aromatic rings. The van der Waals surface area contributed by atoms with Gasteiger partial charge in [0.1, 0.15) is 11.6 Å². The molecule has 0 unspecified atom stereocenters. The van der Waals surface area contributed by atoms with Crippen LogP contribution in [0.3, 0.4) is 0 Å². The molecule has 0 fully saturated rings. The number of benzene rings is 1. The first kappa shape index (κ1) is 10.8. The average molecular weight is 238 g/mol. The fourth-order valence-electron chi connectivity index (χ4n) is 1.23. The van der Waals surface area contributed by atoms with Gasteiger partial charge >= 0.3 is 0 Å². The van der Waals surface area contributed by atoms with Crippen molar-refractivity contribution >= 4 is 17.4 Å². The van der Waals surface area contributed by atoms with E-state index in [4.69, 9.17) is 11.6 Å². The minimum Gasteiger partial charge on any atom is -0.365 e. The van der Waals surface area contributed by atoms with Gasteiger partial charge in [-0.3, -0.25) is 4.98 Å². The normalized spacial score (nSPS) is 10.1. The summed E-state index contributed by atoms with van der Waals surface area (Å²) in [6.07, 6.45) is 4.78. The van der Waals surface area contributed by atoms with Crippen molar-refractivity contribution in [3.8, 4) is 0 Å². The summed E-state index contributed by atoms with van der Waals surface area (Å²) in [5, 5.41) is 3.15. The highest BCUT2D eigenvalue weighted by Crippen LogP contribution is 2.16. The van der Waals surface area contributed by atoms with Crippen LogP contribution in [0.25, 0.3) is 0 Å². The Bertz CT molecular complexity index is 476. The van der Waals surface area contributed by atoms with Crippen molar-refractivity contribution in [1.29, 1.82) is 0 Å². The van der Waals surface area contributed by atoms with E-state index >= 15 is 0 Å². The zero-order chi connectivity index (χ0) is 11.4. The summed E-state index contributed by atoms with van der Waals surface area (Å²) in [6.45, 7) is 0.479. The number of anilines is 1. The Balaban J connectivity index is 2.03. The zero-order valence-corrected chi connectivity index (χ0v) is 9.08. The highest BCUT2D eigenvalue weighted by atomic mass is 35.5. The molecule has 0 aliphatic rings. The Morgan fingerprint density at radius 1 is 1.31 bits per heavy atom. The molecule has 0 saturated carbocycles. The molecule has 1 aromatic carbocycles. The van der Waals surface area contributed by atoms with E-state index in [0.29, 0.717) is 12.4 Å².